The number of ether oxygens (including phenoxy) is 1. The van der Waals surface area contributed by atoms with Crippen molar-refractivity contribution in [1.29, 1.82) is 0 Å². The van der Waals surface area contributed by atoms with Gasteiger partial charge in [-0.1, -0.05) is 17.4 Å². The molecule has 0 saturated carbocycles. The van der Waals surface area contributed by atoms with Crippen molar-refractivity contribution >= 4 is 44.3 Å². The van der Waals surface area contributed by atoms with Crippen molar-refractivity contribution in [2.45, 2.75) is 23.8 Å². The highest BCUT2D eigenvalue weighted by atomic mass is 32.1. The van der Waals surface area contributed by atoms with E-state index >= 15 is 0 Å². The van der Waals surface area contributed by atoms with Crippen LogP contribution in [0.5, 0.6) is 0 Å². The highest BCUT2D eigenvalue weighted by Crippen LogP contribution is 2.45. The Kier molecular flexibility index (Phi) is 6.52. The van der Waals surface area contributed by atoms with Gasteiger partial charge in [-0.25, -0.2) is 14.2 Å². The lowest BCUT2D eigenvalue weighted by Crippen LogP contribution is -2.77. The summed E-state index contributed by atoms with van der Waals surface area (Å²) in [7, 11) is 0. The highest BCUT2D eigenvalue weighted by molar-refractivity contribution is 7.22. The second-order valence-corrected chi connectivity index (χ2v) is 9.64. The third-order valence-electron chi connectivity index (χ3n) is 6.38. The molecule has 3 amide bonds. The number of piperazine rings is 1. The zero-order valence-electron chi connectivity index (χ0n) is 19.0. The molecule has 1 aromatic heterocycles. The quantitative estimate of drug-likeness (QED) is 0.379. The number of benzene rings is 2. The molecule has 0 radical (unpaired) electrons. The van der Waals surface area contributed by atoms with Gasteiger partial charge in [0.1, 0.15) is 5.82 Å². The van der Waals surface area contributed by atoms with E-state index in [-0.39, 0.29) is 30.5 Å². The predicted molar refractivity (Wildman–Crippen MR) is 127 cm³/mol. The van der Waals surface area contributed by atoms with Gasteiger partial charge < -0.3 is 20.1 Å². The maximum atomic E-state index is 14.7. The number of alkyl halides is 3. The Hall–Kier alpha value is -3.33. The van der Waals surface area contributed by atoms with E-state index in [2.05, 4.69) is 20.9 Å². The molecular formula is C23H21F4N5O4S. The van der Waals surface area contributed by atoms with Crippen molar-refractivity contribution < 1.29 is 37.0 Å². The molecule has 2 aromatic carbocycles. The molecule has 2 fully saturated rings. The third kappa shape index (κ3) is 4.50. The van der Waals surface area contributed by atoms with Crippen LogP contribution in [0.4, 0.5) is 33.2 Å². The minimum Gasteiger partial charge on any atom is -0.395 e. The summed E-state index contributed by atoms with van der Waals surface area (Å²) in [6.07, 6.45) is -5.03. The molecule has 2 aliphatic rings. The van der Waals surface area contributed by atoms with Crippen molar-refractivity contribution in [3.8, 4) is 0 Å². The summed E-state index contributed by atoms with van der Waals surface area (Å²) in [6.45, 7) is -0.548. The maximum absolute atomic E-state index is 14.7. The van der Waals surface area contributed by atoms with Gasteiger partial charge in [0.2, 0.25) is 5.54 Å². The number of halogens is 4. The lowest BCUT2D eigenvalue weighted by molar-refractivity contribution is -0.227. The molecule has 0 spiro atoms. The molecule has 2 aliphatic heterocycles. The van der Waals surface area contributed by atoms with E-state index in [1.807, 2.05) is 0 Å². The molecule has 14 heteroatoms. The Balaban J connectivity index is 1.46. The van der Waals surface area contributed by atoms with Crippen molar-refractivity contribution in [3.63, 3.8) is 0 Å². The Labute approximate surface area is 211 Å². The number of morpholine rings is 1. The molecule has 5 rings (SSSR count). The van der Waals surface area contributed by atoms with E-state index in [9.17, 15) is 32.3 Å². The minimum absolute atomic E-state index is 0.0147. The second kappa shape index (κ2) is 9.52. The number of nitrogens with zero attached hydrogens (tertiary/aromatic N) is 2. The number of anilines is 2. The first-order valence-corrected chi connectivity index (χ1v) is 12.0. The first-order valence-electron chi connectivity index (χ1n) is 11.2. The number of aromatic nitrogens is 1. The number of urea groups is 1. The molecule has 3 aromatic rings. The minimum atomic E-state index is -5.03. The molecule has 0 aliphatic carbocycles. The van der Waals surface area contributed by atoms with Gasteiger partial charge in [-0.3, -0.25) is 15.4 Å². The van der Waals surface area contributed by atoms with E-state index in [1.165, 1.54) is 36.4 Å². The number of rotatable bonds is 4. The molecule has 2 saturated heterocycles. The van der Waals surface area contributed by atoms with Crippen LogP contribution in [0.25, 0.3) is 10.2 Å². The van der Waals surface area contributed by atoms with Crippen molar-refractivity contribution in [3.05, 3.63) is 53.8 Å². The Morgan fingerprint density at radius 2 is 2.00 bits per heavy atom. The normalized spacial score (nSPS) is 24.1. The van der Waals surface area contributed by atoms with Crippen LogP contribution in [0.3, 0.4) is 0 Å². The summed E-state index contributed by atoms with van der Waals surface area (Å²) in [5.74, 6) is -1.64. The van der Waals surface area contributed by atoms with E-state index in [0.29, 0.717) is 15.9 Å². The zero-order chi connectivity index (χ0) is 26.4. The number of hydrogen-bond acceptors (Lipinski definition) is 7. The van der Waals surface area contributed by atoms with Crippen LogP contribution in [-0.2, 0) is 15.1 Å². The molecule has 3 heterocycles. The topological polar surface area (TPSA) is 116 Å². The standard InChI is InChI=1S/C23H21F4N5O4S/c24-13-2-4-14(5-3-13)28-20(35)30-21-29-15-6-1-12(9-18(15)37-21)22(23(25,26)27)19(34)32-7-8-36-11-17(32)16(10-33)31-22/h1-6,9,16-17,31,33H,7-8,10-11H2,(H2,28,29,30,35)/t16-,17+,22-/m0/s1. The first-order chi connectivity index (χ1) is 17.6. The summed E-state index contributed by atoms with van der Waals surface area (Å²) in [5, 5.41) is 17.3. The number of aliphatic hydroxyl groups excluding tert-OH is 1. The van der Waals surface area contributed by atoms with E-state index < -0.39 is 48.2 Å². The van der Waals surface area contributed by atoms with Gasteiger partial charge in [0.25, 0.3) is 5.91 Å². The van der Waals surface area contributed by atoms with Gasteiger partial charge in [-0.05, 0) is 42.0 Å². The fourth-order valence-electron chi connectivity index (χ4n) is 4.60. The fourth-order valence-corrected chi connectivity index (χ4v) is 5.50. The summed E-state index contributed by atoms with van der Waals surface area (Å²) in [5.41, 5.74) is -2.79. The summed E-state index contributed by atoms with van der Waals surface area (Å²) < 4.78 is 62.7. The van der Waals surface area contributed by atoms with Crippen LogP contribution in [0, 0.1) is 5.82 Å². The Bertz CT molecular complexity index is 1330. The summed E-state index contributed by atoms with van der Waals surface area (Å²) >= 11 is 0.924. The van der Waals surface area contributed by atoms with Gasteiger partial charge in [0.15, 0.2) is 5.13 Å². The van der Waals surface area contributed by atoms with Crippen LogP contribution >= 0.6 is 11.3 Å². The van der Waals surface area contributed by atoms with Crippen molar-refractivity contribution in [1.82, 2.24) is 15.2 Å². The number of carbonyl (C=O) groups is 2. The number of thiazole rings is 1. The second-order valence-electron chi connectivity index (χ2n) is 8.61. The van der Waals surface area contributed by atoms with Crippen LogP contribution in [0.15, 0.2) is 42.5 Å². The van der Waals surface area contributed by atoms with Gasteiger partial charge in [0.05, 0.1) is 42.1 Å². The van der Waals surface area contributed by atoms with Crippen LogP contribution < -0.4 is 16.0 Å². The van der Waals surface area contributed by atoms with Gasteiger partial charge in [0, 0.05) is 12.2 Å². The predicted octanol–water partition coefficient (Wildman–Crippen LogP) is 3.03. The van der Waals surface area contributed by atoms with Crippen molar-refractivity contribution in [2.75, 3.05) is 37.0 Å². The SMILES string of the molecule is O=C(Nc1ccc(F)cc1)Nc1nc2ccc([C@]3(C(F)(F)F)N[C@@H](CO)[C@H]4COCCN4C3=O)cc2s1. The molecule has 3 atom stereocenters. The average molecular weight is 540 g/mol. The van der Waals surface area contributed by atoms with Crippen molar-refractivity contribution in [2.24, 2.45) is 0 Å². The largest absolute Gasteiger partial charge is 0.419 e. The number of amides is 3. The molecule has 196 valence electrons. The Morgan fingerprint density at radius 1 is 1.24 bits per heavy atom. The smallest absolute Gasteiger partial charge is 0.395 e. The number of nitrogens with one attached hydrogen (secondary N) is 3. The number of fused-ring (bicyclic) bond motifs is 2. The highest BCUT2D eigenvalue weighted by Gasteiger charge is 2.67. The van der Waals surface area contributed by atoms with Gasteiger partial charge in [-0.2, -0.15) is 13.2 Å². The maximum Gasteiger partial charge on any atom is 0.419 e. The average Bonchev–Trinajstić information content (AvgIpc) is 3.26. The van der Waals surface area contributed by atoms with Gasteiger partial charge in [-0.15, -0.1) is 0 Å². The first kappa shape index (κ1) is 25.3. The summed E-state index contributed by atoms with van der Waals surface area (Å²) in [6, 6.07) is 6.32. The fraction of sp³-hybridized carbons (Fsp3) is 0.348. The monoisotopic (exact) mass is 539 g/mol. The zero-order valence-corrected chi connectivity index (χ0v) is 19.8. The molecule has 9 nitrogen and oxygen atoms in total. The molecule has 37 heavy (non-hydrogen) atoms. The van der Waals surface area contributed by atoms with Crippen LogP contribution in [0.2, 0.25) is 0 Å². The molecular weight excluding hydrogens is 518 g/mol. The van der Waals surface area contributed by atoms with E-state index in [4.69, 9.17) is 4.74 Å². The number of aliphatic hydroxyl groups is 1. The third-order valence-corrected chi connectivity index (χ3v) is 7.31. The number of carbonyl (C=O) groups excluding carboxylic acids is 2. The molecule has 0 unspecified atom stereocenters. The summed E-state index contributed by atoms with van der Waals surface area (Å²) in [4.78, 5) is 31.0. The van der Waals surface area contributed by atoms with Crippen LogP contribution in [0.1, 0.15) is 5.56 Å². The van der Waals surface area contributed by atoms with E-state index in [1.54, 1.807) is 0 Å². The molecule has 0 bridgehead atoms. The van der Waals surface area contributed by atoms with Gasteiger partial charge >= 0.3 is 12.2 Å². The lowest BCUT2D eigenvalue weighted by atomic mass is 9.82. The van der Waals surface area contributed by atoms with E-state index in [0.717, 1.165) is 22.3 Å². The van der Waals surface area contributed by atoms with Crippen LogP contribution in [-0.4, -0.2) is 71.6 Å². The lowest BCUT2D eigenvalue weighted by Gasteiger charge is -2.52. The number of hydrogen-bond donors (Lipinski definition) is 4. The molecule has 4 N–H and O–H groups in total. The Morgan fingerprint density at radius 3 is 2.70 bits per heavy atom.